The van der Waals surface area contributed by atoms with Crippen LogP contribution < -0.4 is 0 Å². The highest BCUT2D eigenvalue weighted by Gasteiger charge is 2.56. The van der Waals surface area contributed by atoms with Crippen molar-refractivity contribution in [3.63, 3.8) is 0 Å². The topological polar surface area (TPSA) is 99.4 Å². The summed E-state index contributed by atoms with van der Waals surface area (Å²) < 4.78 is 11.8. The van der Waals surface area contributed by atoms with E-state index in [0.717, 1.165) is 38.5 Å². The van der Waals surface area contributed by atoms with Crippen molar-refractivity contribution in [3.05, 3.63) is 29.3 Å². The van der Waals surface area contributed by atoms with Crippen LogP contribution in [-0.4, -0.2) is 57.7 Å². The highest BCUT2D eigenvalue weighted by atomic mass is 16.7. The molecule has 2 saturated carbocycles. The fraction of sp³-hybridized carbons (Fsp3) is 0.739. The lowest BCUT2D eigenvalue weighted by Gasteiger charge is -2.51. The zero-order valence-electron chi connectivity index (χ0n) is 16.9. The third-order valence-electron chi connectivity index (χ3n) is 8.38. The van der Waals surface area contributed by atoms with Gasteiger partial charge in [-0.25, -0.2) is 0 Å². The molecular weight excluding hydrogens is 372 g/mol. The smallest absolute Gasteiger partial charge is 0.186 e. The van der Waals surface area contributed by atoms with Crippen molar-refractivity contribution in [1.29, 1.82) is 0 Å². The number of phenols is 1. The van der Waals surface area contributed by atoms with Crippen molar-refractivity contribution in [2.75, 3.05) is 6.61 Å². The molecule has 3 aliphatic carbocycles. The van der Waals surface area contributed by atoms with Gasteiger partial charge in [0.25, 0.3) is 0 Å². The number of phenolic OH excluding ortho intramolecular Hbond substituents is 1. The lowest BCUT2D eigenvalue weighted by atomic mass is 9.55. The molecule has 6 nitrogen and oxygen atoms in total. The van der Waals surface area contributed by atoms with E-state index in [0.29, 0.717) is 23.5 Å². The van der Waals surface area contributed by atoms with Gasteiger partial charge < -0.3 is 29.9 Å². The molecule has 0 bridgehead atoms. The van der Waals surface area contributed by atoms with Crippen molar-refractivity contribution in [3.8, 4) is 5.75 Å². The van der Waals surface area contributed by atoms with E-state index < -0.39 is 24.6 Å². The second-order valence-corrected chi connectivity index (χ2v) is 9.80. The number of rotatable bonds is 2. The van der Waals surface area contributed by atoms with Crippen molar-refractivity contribution >= 4 is 0 Å². The van der Waals surface area contributed by atoms with Crippen molar-refractivity contribution in [2.24, 2.45) is 17.3 Å². The molecule has 29 heavy (non-hydrogen) atoms. The van der Waals surface area contributed by atoms with Crippen molar-refractivity contribution in [1.82, 2.24) is 0 Å². The number of aromatic hydroxyl groups is 1. The van der Waals surface area contributed by atoms with Crippen LogP contribution in [0.25, 0.3) is 0 Å². The van der Waals surface area contributed by atoms with Gasteiger partial charge in [-0.1, -0.05) is 13.0 Å². The molecule has 0 radical (unpaired) electrons. The monoisotopic (exact) mass is 404 g/mol. The van der Waals surface area contributed by atoms with E-state index >= 15 is 0 Å². The summed E-state index contributed by atoms with van der Waals surface area (Å²) in [5.41, 5.74) is 2.74. The molecule has 9 atom stereocenters. The van der Waals surface area contributed by atoms with E-state index in [1.165, 1.54) is 11.1 Å². The lowest BCUT2D eigenvalue weighted by molar-refractivity contribution is -0.292. The number of fused-ring (bicyclic) bond motifs is 5. The Kier molecular flexibility index (Phi) is 4.91. The highest BCUT2D eigenvalue weighted by Crippen LogP contribution is 2.61. The minimum Gasteiger partial charge on any atom is -0.508 e. The summed E-state index contributed by atoms with van der Waals surface area (Å²) in [6, 6.07) is 5.87. The van der Waals surface area contributed by atoms with Gasteiger partial charge in [0.05, 0.1) is 12.7 Å². The minimum absolute atomic E-state index is 0.0169. The number of aliphatic hydroxyl groups excluding tert-OH is 3. The highest BCUT2D eigenvalue weighted by molar-refractivity contribution is 5.40. The van der Waals surface area contributed by atoms with Gasteiger partial charge in [0.2, 0.25) is 0 Å². The standard InChI is InChI=1S/C23H32O6/c1-23-9-8-15-14-5-3-13(24)10-12(14)2-4-16(15)17(23)6-7-19(23)29-22-21(27)20(26)18(25)11-28-22/h3,5,10,15-22,24-27H,2,4,6-9,11H2,1H3/t15-,16-,17+,18-,19?,20+,21-,22+,23+/m1/s1. The lowest BCUT2D eigenvalue weighted by Crippen LogP contribution is -2.55. The normalized spacial score (nSPS) is 46.6. The molecule has 4 aliphatic rings. The SMILES string of the molecule is C[C@]12CC[C@@H]3c4ccc(O)cc4CC[C@H]3[C@@H]1CCC2O[C@@H]1OC[C@@H](O)[C@H](O)[C@H]1O. The molecular formula is C23H32O6. The summed E-state index contributed by atoms with van der Waals surface area (Å²) in [5.74, 6) is 2.08. The Morgan fingerprint density at radius 1 is 1.07 bits per heavy atom. The van der Waals surface area contributed by atoms with Crippen LogP contribution in [0, 0.1) is 17.3 Å². The van der Waals surface area contributed by atoms with Crippen LogP contribution in [0.15, 0.2) is 18.2 Å². The predicted molar refractivity (Wildman–Crippen MR) is 105 cm³/mol. The Bertz CT molecular complexity index is 768. The first-order valence-electron chi connectivity index (χ1n) is 11.0. The van der Waals surface area contributed by atoms with Crippen LogP contribution in [0.3, 0.4) is 0 Å². The quantitative estimate of drug-likeness (QED) is 0.602. The van der Waals surface area contributed by atoms with E-state index in [-0.39, 0.29) is 18.1 Å². The van der Waals surface area contributed by atoms with Crippen LogP contribution in [-0.2, 0) is 15.9 Å². The van der Waals surface area contributed by atoms with Crippen LogP contribution in [0.2, 0.25) is 0 Å². The molecule has 1 aliphatic heterocycles. The van der Waals surface area contributed by atoms with Crippen molar-refractivity contribution in [2.45, 2.75) is 82.1 Å². The van der Waals surface area contributed by atoms with E-state index in [2.05, 4.69) is 13.0 Å². The summed E-state index contributed by atoms with van der Waals surface area (Å²) in [6.07, 6.45) is 1.89. The number of benzene rings is 1. The summed E-state index contributed by atoms with van der Waals surface area (Å²) in [4.78, 5) is 0. The van der Waals surface area contributed by atoms with Gasteiger partial charge in [-0.15, -0.1) is 0 Å². The Labute approximate surface area is 171 Å². The molecule has 160 valence electrons. The molecule has 0 aromatic heterocycles. The Morgan fingerprint density at radius 2 is 1.90 bits per heavy atom. The summed E-state index contributed by atoms with van der Waals surface area (Å²) in [6.45, 7) is 2.29. The Morgan fingerprint density at radius 3 is 2.72 bits per heavy atom. The molecule has 1 aromatic rings. The van der Waals surface area contributed by atoms with E-state index in [1.807, 2.05) is 12.1 Å². The first kappa shape index (κ1) is 19.8. The van der Waals surface area contributed by atoms with Gasteiger partial charge in [-0.2, -0.15) is 0 Å². The van der Waals surface area contributed by atoms with Crippen LogP contribution in [0.5, 0.6) is 5.75 Å². The third-order valence-corrected chi connectivity index (χ3v) is 8.38. The summed E-state index contributed by atoms with van der Waals surface area (Å²) in [7, 11) is 0. The van der Waals surface area contributed by atoms with Gasteiger partial charge in [-0.3, -0.25) is 0 Å². The molecule has 3 fully saturated rings. The van der Waals surface area contributed by atoms with Crippen LogP contribution in [0.1, 0.15) is 56.1 Å². The molecule has 1 aromatic carbocycles. The molecule has 1 unspecified atom stereocenters. The first-order chi connectivity index (χ1) is 13.9. The summed E-state index contributed by atoms with van der Waals surface area (Å²) in [5, 5.41) is 39.8. The fourth-order valence-corrected chi connectivity index (χ4v) is 6.81. The number of hydrogen-bond acceptors (Lipinski definition) is 6. The van der Waals surface area contributed by atoms with E-state index in [1.54, 1.807) is 0 Å². The first-order valence-corrected chi connectivity index (χ1v) is 11.0. The van der Waals surface area contributed by atoms with E-state index in [4.69, 9.17) is 9.47 Å². The Hall–Kier alpha value is -1.18. The van der Waals surface area contributed by atoms with Gasteiger partial charge in [0.15, 0.2) is 6.29 Å². The second-order valence-electron chi connectivity index (χ2n) is 9.80. The average Bonchev–Trinajstić information content (AvgIpc) is 3.04. The molecule has 0 spiro atoms. The average molecular weight is 405 g/mol. The Balaban J connectivity index is 1.34. The van der Waals surface area contributed by atoms with Crippen LogP contribution in [0.4, 0.5) is 0 Å². The third kappa shape index (κ3) is 3.12. The number of aryl methyl sites for hydroxylation is 1. The summed E-state index contributed by atoms with van der Waals surface area (Å²) >= 11 is 0. The molecule has 5 rings (SSSR count). The zero-order chi connectivity index (χ0) is 20.3. The molecule has 4 N–H and O–H groups in total. The predicted octanol–water partition coefficient (Wildman–Crippen LogP) is 2.07. The van der Waals surface area contributed by atoms with Gasteiger partial charge in [-0.05, 0) is 85.0 Å². The maximum Gasteiger partial charge on any atom is 0.186 e. The van der Waals surface area contributed by atoms with Gasteiger partial charge >= 0.3 is 0 Å². The molecule has 1 heterocycles. The van der Waals surface area contributed by atoms with Crippen molar-refractivity contribution < 1.29 is 29.9 Å². The number of aliphatic hydroxyl groups is 3. The van der Waals surface area contributed by atoms with Crippen LogP contribution >= 0.6 is 0 Å². The van der Waals surface area contributed by atoms with Gasteiger partial charge in [0, 0.05) is 0 Å². The van der Waals surface area contributed by atoms with Gasteiger partial charge in [0.1, 0.15) is 24.1 Å². The fourth-order valence-electron chi connectivity index (χ4n) is 6.81. The molecule has 0 amide bonds. The zero-order valence-corrected chi connectivity index (χ0v) is 16.9. The second kappa shape index (κ2) is 7.20. The maximum atomic E-state index is 10.3. The maximum absolute atomic E-state index is 10.3. The molecule has 1 saturated heterocycles. The number of ether oxygens (including phenoxy) is 2. The van der Waals surface area contributed by atoms with E-state index in [9.17, 15) is 20.4 Å². The minimum atomic E-state index is -1.24. The largest absolute Gasteiger partial charge is 0.508 e. The number of hydrogen-bond donors (Lipinski definition) is 4. The molecule has 6 heteroatoms.